The summed E-state index contributed by atoms with van der Waals surface area (Å²) in [4.78, 5) is 27.1. The van der Waals surface area contributed by atoms with E-state index in [-0.39, 0.29) is 37.7 Å². The quantitative estimate of drug-likeness (QED) is 0.538. The second-order valence-corrected chi connectivity index (χ2v) is 9.90. The molecule has 0 aromatic heterocycles. The van der Waals surface area contributed by atoms with Crippen LogP contribution in [-0.4, -0.2) is 50.5 Å². The van der Waals surface area contributed by atoms with E-state index in [0.29, 0.717) is 12.2 Å². The highest BCUT2D eigenvalue weighted by atomic mass is 32.2. The van der Waals surface area contributed by atoms with Crippen LogP contribution >= 0.6 is 0 Å². The van der Waals surface area contributed by atoms with Crippen LogP contribution < -0.4 is 9.62 Å². The van der Waals surface area contributed by atoms with Crippen LogP contribution in [0.15, 0.2) is 48.5 Å². The fourth-order valence-electron chi connectivity index (χ4n) is 3.52. The van der Waals surface area contributed by atoms with Crippen molar-refractivity contribution in [1.29, 1.82) is 0 Å². The average Bonchev–Trinajstić information content (AvgIpc) is 2.74. The van der Waals surface area contributed by atoms with Crippen molar-refractivity contribution in [3.05, 3.63) is 65.5 Å². The summed E-state index contributed by atoms with van der Waals surface area (Å²) in [6, 6.07) is 12.2. The van der Waals surface area contributed by atoms with Gasteiger partial charge in [-0.15, -0.1) is 0 Å². The third kappa shape index (κ3) is 7.85. The first kappa shape index (κ1) is 26.3. The van der Waals surface area contributed by atoms with Crippen molar-refractivity contribution in [3.63, 3.8) is 0 Å². The maximum Gasteiger partial charge on any atom is 0.242 e. The summed E-state index contributed by atoms with van der Waals surface area (Å²) in [6.45, 7) is 6.23. The van der Waals surface area contributed by atoms with Gasteiger partial charge < -0.3 is 10.2 Å². The zero-order chi connectivity index (χ0) is 24.6. The van der Waals surface area contributed by atoms with Gasteiger partial charge in [0.2, 0.25) is 21.8 Å². The third-order valence-corrected chi connectivity index (χ3v) is 6.41. The van der Waals surface area contributed by atoms with E-state index in [1.807, 2.05) is 38.1 Å². The molecule has 2 aromatic carbocycles. The molecule has 0 spiro atoms. The van der Waals surface area contributed by atoms with Crippen molar-refractivity contribution >= 4 is 27.5 Å². The maximum absolute atomic E-state index is 13.2. The number of sulfonamides is 1. The van der Waals surface area contributed by atoms with Crippen LogP contribution in [0.1, 0.15) is 37.8 Å². The van der Waals surface area contributed by atoms with Gasteiger partial charge in [0, 0.05) is 26.1 Å². The predicted molar refractivity (Wildman–Crippen MR) is 128 cm³/mol. The molecular weight excluding hydrogens is 445 g/mol. The molecule has 1 N–H and O–H groups in total. The summed E-state index contributed by atoms with van der Waals surface area (Å²) in [5, 5.41) is 2.75. The van der Waals surface area contributed by atoms with Crippen LogP contribution in [0, 0.1) is 12.7 Å². The molecule has 2 rings (SSSR count). The number of amides is 2. The highest BCUT2D eigenvalue weighted by Gasteiger charge is 2.26. The first-order valence-corrected chi connectivity index (χ1v) is 12.7. The minimum atomic E-state index is -3.62. The number of nitrogens with one attached hydrogen (secondary N) is 1. The van der Waals surface area contributed by atoms with E-state index in [1.165, 1.54) is 29.2 Å². The number of anilines is 1. The van der Waals surface area contributed by atoms with E-state index in [2.05, 4.69) is 5.32 Å². The molecule has 1 atom stereocenters. The molecule has 0 aliphatic heterocycles. The van der Waals surface area contributed by atoms with Gasteiger partial charge in [0.25, 0.3) is 0 Å². The van der Waals surface area contributed by atoms with Gasteiger partial charge in [-0.05, 0) is 57.0 Å². The number of hydrogen-bond donors (Lipinski definition) is 1. The normalized spacial score (nSPS) is 12.2. The summed E-state index contributed by atoms with van der Waals surface area (Å²) in [6.07, 6.45) is 1.37. The Kier molecular flexibility index (Phi) is 9.40. The van der Waals surface area contributed by atoms with Gasteiger partial charge in [0.1, 0.15) is 11.9 Å². The van der Waals surface area contributed by atoms with Gasteiger partial charge >= 0.3 is 0 Å². The molecule has 2 amide bonds. The van der Waals surface area contributed by atoms with Crippen molar-refractivity contribution in [1.82, 2.24) is 10.2 Å². The number of hydrogen-bond acceptors (Lipinski definition) is 4. The van der Waals surface area contributed by atoms with E-state index in [1.54, 1.807) is 6.92 Å². The van der Waals surface area contributed by atoms with E-state index >= 15 is 0 Å². The molecule has 0 fully saturated rings. The van der Waals surface area contributed by atoms with Crippen molar-refractivity contribution in [2.45, 2.75) is 46.2 Å². The van der Waals surface area contributed by atoms with Gasteiger partial charge in [0.15, 0.2) is 0 Å². The lowest BCUT2D eigenvalue weighted by molar-refractivity contribution is -0.140. The lowest BCUT2D eigenvalue weighted by Gasteiger charge is -2.29. The van der Waals surface area contributed by atoms with Crippen molar-refractivity contribution in [2.24, 2.45) is 0 Å². The maximum atomic E-state index is 13.2. The summed E-state index contributed by atoms with van der Waals surface area (Å²) < 4.78 is 38.9. The Bertz CT molecular complexity index is 1060. The first-order valence-electron chi connectivity index (χ1n) is 10.9. The van der Waals surface area contributed by atoms with Crippen LogP contribution in [0.5, 0.6) is 0 Å². The van der Waals surface area contributed by atoms with Gasteiger partial charge in [-0.3, -0.25) is 13.9 Å². The minimum absolute atomic E-state index is 0.0583. The van der Waals surface area contributed by atoms with Crippen LogP contribution in [0.4, 0.5) is 10.1 Å². The van der Waals surface area contributed by atoms with E-state index in [4.69, 9.17) is 0 Å². The number of aryl methyl sites for hydroxylation is 1. The number of halogens is 1. The Morgan fingerprint density at radius 3 is 2.36 bits per heavy atom. The molecular formula is C24H32FN3O4S. The smallest absolute Gasteiger partial charge is 0.242 e. The molecule has 0 bridgehead atoms. The van der Waals surface area contributed by atoms with Crippen LogP contribution in [0.3, 0.4) is 0 Å². The number of carbonyl (C=O) groups excluding carboxylic acids is 2. The largest absolute Gasteiger partial charge is 0.355 e. The number of likely N-dealkylation sites (N-methyl/N-ethyl adjacent to an activating group) is 1. The summed E-state index contributed by atoms with van der Waals surface area (Å²) in [7, 11) is -3.62. The summed E-state index contributed by atoms with van der Waals surface area (Å²) >= 11 is 0. The number of carbonyl (C=O) groups is 2. The van der Waals surface area contributed by atoms with E-state index in [9.17, 15) is 22.4 Å². The number of rotatable bonds is 11. The molecule has 0 aliphatic carbocycles. The molecule has 180 valence electrons. The Morgan fingerprint density at radius 2 is 1.79 bits per heavy atom. The van der Waals surface area contributed by atoms with Crippen molar-refractivity contribution in [2.75, 3.05) is 23.7 Å². The second kappa shape index (κ2) is 11.8. The molecule has 7 nitrogen and oxygen atoms in total. The van der Waals surface area contributed by atoms with Crippen molar-refractivity contribution < 1.29 is 22.4 Å². The molecule has 2 aromatic rings. The average molecular weight is 478 g/mol. The summed E-state index contributed by atoms with van der Waals surface area (Å²) in [5.41, 5.74) is 2.29. The van der Waals surface area contributed by atoms with E-state index < -0.39 is 21.9 Å². The molecule has 9 heteroatoms. The number of benzene rings is 2. The van der Waals surface area contributed by atoms with Gasteiger partial charge in [-0.1, -0.05) is 29.8 Å². The Balaban J connectivity index is 2.14. The Hall–Kier alpha value is -2.94. The zero-order valence-electron chi connectivity index (χ0n) is 19.5. The molecule has 0 radical (unpaired) electrons. The lowest BCUT2D eigenvalue weighted by Crippen LogP contribution is -2.47. The topological polar surface area (TPSA) is 86.8 Å². The summed E-state index contributed by atoms with van der Waals surface area (Å²) in [5.74, 6) is -0.959. The SMILES string of the molecule is CCNC(=O)[C@@H](C)N(Cc1cccc(C)c1)C(=O)CCCN(c1ccc(F)cc1)S(C)(=O)=O. The number of nitrogens with zero attached hydrogens (tertiary/aromatic N) is 2. The minimum Gasteiger partial charge on any atom is -0.355 e. The highest BCUT2D eigenvalue weighted by Crippen LogP contribution is 2.19. The standard InChI is InChI=1S/C24H32FN3O4S/c1-5-26-24(30)19(3)27(17-20-9-6-8-18(2)16-20)23(29)10-7-15-28(33(4,31)32)22-13-11-21(25)12-14-22/h6,8-9,11-14,16,19H,5,7,10,15,17H2,1-4H3,(H,26,30)/t19-/m1/s1. The van der Waals surface area contributed by atoms with Gasteiger partial charge in [-0.25, -0.2) is 12.8 Å². The molecule has 33 heavy (non-hydrogen) atoms. The van der Waals surface area contributed by atoms with E-state index in [0.717, 1.165) is 21.7 Å². The van der Waals surface area contributed by atoms with Crippen LogP contribution in [0.25, 0.3) is 0 Å². The molecule has 0 saturated carbocycles. The second-order valence-electron chi connectivity index (χ2n) is 8.00. The first-order chi connectivity index (χ1) is 15.5. The molecule has 0 saturated heterocycles. The van der Waals surface area contributed by atoms with Crippen LogP contribution in [0.2, 0.25) is 0 Å². The predicted octanol–water partition coefficient (Wildman–Crippen LogP) is 3.23. The molecule has 0 unspecified atom stereocenters. The monoisotopic (exact) mass is 477 g/mol. The molecule has 0 aliphatic rings. The highest BCUT2D eigenvalue weighted by molar-refractivity contribution is 7.92. The fraction of sp³-hybridized carbons (Fsp3) is 0.417. The van der Waals surface area contributed by atoms with Gasteiger partial charge in [0.05, 0.1) is 11.9 Å². The van der Waals surface area contributed by atoms with Gasteiger partial charge in [-0.2, -0.15) is 0 Å². The lowest BCUT2D eigenvalue weighted by atomic mass is 10.1. The third-order valence-electron chi connectivity index (χ3n) is 5.22. The fourth-order valence-corrected chi connectivity index (χ4v) is 4.49. The zero-order valence-corrected chi connectivity index (χ0v) is 20.4. The Labute approximate surface area is 195 Å². The molecule has 0 heterocycles. The van der Waals surface area contributed by atoms with Crippen molar-refractivity contribution in [3.8, 4) is 0 Å². The van der Waals surface area contributed by atoms with Crippen LogP contribution in [-0.2, 0) is 26.2 Å². The Morgan fingerprint density at radius 1 is 1.12 bits per heavy atom.